The van der Waals surface area contributed by atoms with Crippen molar-refractivity contribution in [2.75, 3.05) is 19.3 Å². The molecule has 1 N–H and O–H groups in total. The minimum atomic E-state index is -3.54. The van der Waals surface area contributed by atoms with Crippen LogP contribution in [0.25, 0.3) is 0 Å². The third-order valence-electron chi connectivity index (χ3n) is 2.91. The van der Waals surface area contributed by atoms with Gasteiger partial charge < -0.3 is 5.11 Å². The number of sulfonamides is 1. The Balaban J connectivity index is 2.60. The summed E-state index contributed by atoms with van der Waals surface area (Å²) in [6.07, 6.45) is -0.0506. The van der Waals surface area contributed by atoms with E-state index in [-0.39, 0.29) is 30.8 Å². The Hall–Kier alpha value is -2.00. The lowest BCUT2D eigenvalue weighted by Gasteiger charge is -2.15. The number of nitro groups is 1. The average Bonchev–Trinajstić information content (AvgIpc) is 2.42. The van der Waals surface area contributed by atoms with Gasteiger partial charge in [0.15, 0.2) is 0 Å². The molecule has 0 heterocycles. The highest BCUT2D eigenvalue weighted by atomic mass is 32.2. The van der Waals surface area contributed by atoms with E-state index in [1.807, 2.05) is 0 Å². The second kappa shape index (κ2) is 7.14. The van der Waals surface area contributed by atoms with Crippen LogP contribution in [0.5, 0.6) is 0 Å². The molecule has 0 saturated carbocycles. The van der Waals surface area contributed by atoms with Crippen LogP contribution in [-0.2, 0) is 21.2 Å². The quantitative estimate of drug-likeness (QED) is 0.561. The van der Waals surface area contributed by atoms with Crippen molar-refractivity contribution in [3.63, 3.8) is 0 Å². The van der Waals surface area contributed by atoms with E-state index in [0.717, 1.165) is 4.31 Å². The van der Waals surface area contributed by atoms with Crippen molar-refractivity contribution < 1.29 is 23.2 Å². The number of nitro benzene ring substituents is 1. The van der Waals surface area contributed by atoms with E-state index in [9.17, 15) is 23.3 Å². The minimum Gasteiger partial charge on any atom is -0.481 e. The van der Waals surface area contributed by atoms with Crippen molar-refractivity contribution in [1.82, 2.24) is 4.31 Å². The first-order chi connectivity index (χ1) is 9.72. The van der Waals surface area contributed by atoms with E-state index in [1.165, 1.54) is 31.3 Å². The largest absolute Gasteiger partial charge is 0.481 e. The van der Waals surface area contributed by atoms with Crippen LogP contribution in [0.1, 0.15) is 12.0 Å². The standard InChI is InChI=1S/C12H16N2O6S/c1-13(8-6-12(15)16)21(19,20)9-7-10-2-4-11(5-3-10)14(17)18/h2-5H,6-9H2,1H3,(H,15,16). The summed E-state index contributed by atoms with van der Waals surface area (Å²) in [4.78, 5) is 20.4. The SMILES string of the molecule is CN(CCC(=O)O)S(=O)(=O)CCc1ccc([N+](=O)[O-])cc1. The molecule has 0 aliphatic rings. The molecule has 0 radical (unpaired) electrons. The monoisotopic (exact) mass is 316 g/mol. The molecule has 0 unspecified atom stereocenters. The molecule has 8 nitrogen and oxygen atoms in total. The number of hydrogen-bond donors (Lipinski definition) is 1. The molecule has 116 valence electrons. The van der Waals surface area contributed by atoms with Gasteiger partial charge in [0.25, 0.3) is 5.69 Å². The molecule has 0 amide bonds. The maximum Gasteiger partial charge on any atom is 0.304 e. The Bertz CT molecular complexity index is 611. The van der Waals surface area contributed by atoms with Crippen molar-refractivity contribution in [2.45, 2.75) is 12.8 Å². The van der Waals surface area contributed by atoms with Crippen LogP contribution >= 0.6 is 0 Å². The van der Waals surface area contributed by atoms with Crippen LogP contribution in [0.15, 0.2) is 24.3 Å². The van der Waals surface area contributed by atoms with E-state index in [2.05, 4.69) is 0 Å². The smallest absolute Gasteiger partial charge is 0.304 e. The molecule has 0 atom stereocenters. The second-order valence-corrected chi connectivity index (χ2v) is 6.65. The summed E-state index contributed by atoms with van der Waals surface area (Å²) in [7, 11) is -2.22. The summed E-state index contributed by atoms with van der Waals surface area (Å²) < 4.78 is 24.8. The molecular weight excluding hydrogens is 300 g/mol. The third kappa shape index (κ3) is 5.48. The maximum atomic E-state index is 11.9. The van der Waals surface area contributed by atoms with Crippen LogP contribution in [-0.4, -0.2) is 48.1 Å². The van der Waals surface area contributed by atoms with Gasteiger partial charge in [-0.25, -0.2) is 12.7 Å². The van der Waals surface area contributed by atoms with Gasteiger partial charge in [-0.3, -0.25) is 14.9 Å². The van der Waals surface area contributed by atoms with Crippen molar-refractivity contribution in [2.24, 2.45) is 0 Å². The van der Waals surface area contributed by atoms with Gasteiger partial charge in [-0.05, 0) is 12.0 Å². The van der Waals surface area contributed by atoms with Crippen LogP contribution in [0.2, 0.25) is 0 Å². The van der Waals surface area contributed by atoms with E-state index < -0.39 is 20.9 Å². The summed E-state index contributed by atoms with van der Waals surface area (Å²) in [5.74, 6) is -1.24. The molecule has 0 aliphatic carbocycles. The molecule has 1 aromatic carbocycles. The Morgan fingerprint density at radius 3 is 2.38 bits per heavy atom. The van der Waals surface area contributed by atoms with Gasteiger partial charge in [-0.15, -0.1) is 0 Å². The van der Waals surface area contributed by atoms with Gasteiger partial charge >= 0.3 is 5.97 Å². The number of aryl methyl sites for hydroxylation is 1. The first kappa shape index (κ1) is 17.1. The molecule has 0 bridgehead atoms. The van der Waals surface area contributed by atoms with Crippen molar-refractivity contribution in [3.8, 4) is 0 Å². The van der Waals surface area contributed by atoms with E-state index >= 15 is 0 Å². The number of carboxylic acid groups (broad SMARTS) is 1. The summed E-state index contributed by atoms with van der Waals surface area (Å²) >= 11 is 0. The molecule has 0 fully saturated rings. The third-order valence-corrected chi connectivity index (χ3v) is 4.76. The average molecular weight is 316 g/mol. The van der Waals surface area contributed by atoms with E-state index in [4.69, 9.17) is 5.11 Å². The predicted octanol–water partition coefficient (Wildman–Crippen LogP) is 0.874. The fourth-order valence-electron chi connectivity index (χ4n) is 1.58. The lowest BCUT2D eigenvalue weighted by molar-refractivity contribution is -0.384. The Morgan fingerprint density at radius 2 is 1.90 bits per heavy atom. The molecule has 1 aromatic rings. The van der Waals surface area contributed by atoms with Gasteiger partial charge in [0.2, 0.25) is 10.0 Å². The Kier molecular flexibility index (Phi) is 5.79. The maximum absolute atomic E-state index is 11.9. The molecule has 0 aliphatic heterocycles. The molecule has 1 rings (SSSR count). The molecule has 0 spiro atoms. The van der Waals surface area contributed by atoms with Gasteiger partial charge in [-0.2, -0.15) is 0 Å². The predicted molar refractivity (Wildman–Crippen MR) is 75.5 cm³/mol. The number of non-ortho nitro benzene ring substituents is 1. The zero-order valence-corrected chi connectivity index (χ0v) is 12.2. The number of aliphatic carboxylic acids is 1. The van der Waals surface area contributed by atoms with Crippen molar-refractivity contribution in [3.05, 3.63) is 39.9 Å². The topological polar surface area (TPSA) is 118 Å². The Labute approximate surface area is 122 Å². The van der Waals surface area contributed by atoms with Gasteiger partial charge in [-0.1, -0.05) is 12.1 Å². The van der Waals surface area contributed by atoms with Crippen LogP contribution in [0.4, 0.5) is 5.69 Å². The first-order valence-corrected chi connectivity index (χ1v) is 7.72. The van der Waals surface area contributed by atoms with Crippen LogP contribution in [0.3, 0.4) is 0 Å². The van der Waals surface area contributed by atoms with Gasteiger partial charge in [0.05, 0.1) is 17.1 Å². The summed E-state index contributed by atoms with van der Waals surface area (Å²) in [6.45, 7) is -0.0854. The van der Waals surface area contributed by atoms with E-state index in [1.54, 1.807) is 0 Å². The first-order valence-electron chi connectivity index (χ1n) is 6.11. The molecule has 9 heteroatoms. The highest BCUT2D eigenvalue weighted by molar-refractivity contribution is 7.89. The minimum absolute atomic E-state index is 0.0554. The molecule has 0 aromatic heterocycles. The zero-order chi connectivity index (χ0) is 16.0. The van der Waals surface area contributed by atoms with Crippen LogP contribution in [0, 0.1) is 10.1 Å². The highest BCUT2D eigenvalue weighted by Crippen LogP contribution is 2.13. The zero-order valence-electron chi connectivity index (χ0n) is 11.4. The summed E-state index contributed by atoms with van der Waals surface area (Å²) in [5, 5.41) is 19.0. The lowest BCUT2D eigenvalue weighted by atomic mass is 10.1. The Morgan fingerprint density at radius 1 is 1.33 bits per heavy atom. The highest BCUT2D eigenvalue weighted by Gasteiger charge is 2.18. The fraction of sp³-hybridized carbons (Fsp3) is 0.417. The van der Waals surface area contributed by atoms with Crippen molar-refractivity contribution >= 4 is 21.7 Å². The van der Waals surface area contributed by atoms with Gasteiger partial charge in [0, 0.05) is 25.7 Å². The lowest BCUT2D eigenvalue weighted by Crippen LogP contribution is -2.31. The normalized spacial score (nSPS) is 11.5. The summed E-state index contributed by atoms with van der Waals surface area (Å²) in [6, 6.07) is 5.64. The fourth-order valence-corrected chi connectivity index (χ4v) is 2.75. The van der Waals surface area contributed by atoms with Crippen LogP contribution < -0.4 is 0 Å². The molecule has 0 saturated heterocycles. The summed E-state index contributed by atoms with van der Waals surface area (Å²) in [5.41, 5.74) is 0.607. The van der Waals surface area contributed by atoms with Gasteiger partial charge in [0.1, 0.15) is 0 Å². The number of rotatable bonds is 8. The number of hydrogen-bond acceptors (Lipinski definition) is 5. The number of nitrogens with zero attached hydrogens (tertiary/aromatic N) is 2. The second-order valence-electron chi connectivity index (χ2n) is 4.45. The van der Waals surface area contributed by atoms with E-state index in [0.29, 0.717) is 5.56 Å². The number of carbonyl (C=O) groups is 1. The molecular formula is C12H16N2O6S. The number of benzene rings is 1. The van der Waals surface area contributed by atoms with Crippen molar-refractivity contribution in [1.29, 1.82) is 0 Å². The number of carboxylic acids is 1. The molecule has 21 heavy (non-hydrogen) atoms.